The Kier molecular flexibility index (Phi) is 5.10. The van der Waals surface area contributed by atoms with Gasteiger partial charge in [-0.3, -0.25) is 0 Å². The molecule has 0 aliphatic carbocycles. The molecule has 0 aliphatic heterocycles. The average molecular weight is 254 g/mol. The Bertz CT molecular complexity index is 449. The molecule has 1 aromatic rings. The lowest BCUT2D eigenvalue weighted by Gasteiger charge is -2.08. The number of halogens is 1. The summed E-state index contributed by atoms with van der Waals surface area (Å²) in [4.78, 5) is 22.1. The first-order chi connectivity index (χ1) is 8.54. The van der Waals surface area contributed by atoms with Crippen LogP contribution in [0.2, 0.25) is 0 Å². The smallest absolute Gasteiger partial charge is 0.335 e. The number of carboxylic acids is 1. The second-order valence-corrected chi connectivity index (χ2v) is 3.73. The highest BCUT2D eigenvalue weighted by molar-refractivity contribution is 5.93. The molecule has 2 amide bonds. The number of unbranched alkanes of at least 4 members (excludes halogenated alkanes) is 1. The van der Waals surface area contributed by atoms with Crippen LogP contribution in [-0.4, -0.2) is 23.7 Å². The first-order valence-electron chi connectivity index (χ1n) is 5.62. The van der Waals surface area contributed by atoms with Crippen molar-refractivity contribution in [2.75, 3.05) is 11.9 Å². The minimum atomic E-state index is -1.18. The highest BCUT2D eigenvalue weighted by atomic mass is 19.1. The van der Waals surface area contributed by atoms with E-state index in [0.717, 1.165) is 31.0 Å². The molecule has 5 nitrogen and oxygen atoms in total. The summed E-state index contributed by atoms with van der Waals surface area (Å²) < 4.78 is 13.3. The van der Waals surface area contributed by atoms with Gasteiger partial charge in [0.15, 0.2) is 0 Å². The van der Waals surface area contributed by atoms with Crippen LogP contribution >= 0.6 is 0 Å². The summed E-state index contributed by atoms with van der Waals surface area (Å²) >= 11 is 0. The molecule has 0 aliphatic rings. The van der Waals surface area contributed by atoms with Gasteiger partial charge in [-0.25, -0.2) is 14.0 Å². The van der Waals surface area contributed by atoms with Crippen LogP contribution in [0.25, 0.3) is 0 Å². The Morgan fingerprint density at radius 3 is 2.72 bits per heavy atom. The van der Waals surface area contributed by atoms with Crippen LogP contribution in [0.3, 0.4) is 0 Å². The van der Waals surface area contributed by atoms with Crippen LogP contribution in [0.15, 0.2) is 18.2 Å². The number of carbonyl (C=O) groups is 2. The van der Waals surface area contributed by atoms with Crippen molar-refractivity contribution in [3.8, 4) is 0 Å². The average Bonchev–Trinajstić information content (AvgIpc) is 2.32. The first kappa shape index (κ1) is 14.0. The zero-order chi connectivity index (χ0) is 13.5. The number of carboxylic acid groups (broad SMARTS) is 1. The maximum absolute atomic E-state index is 13.3. The minimum Gasteiger partial charge on any atom is -0.478 e. The monoisotopic (exact) mass is 254 g/mol. The molecule has 0 unspecified atom stereocenters. The minimum absolute atomic E-state index is 0.0831. The maximum Gasteiger partial charge on any atom is 0.335 e. The Balaban J connectivity index is 2.68. The van der Waals surface area contributed by atoms with Gasteiger partial charge in [-0.15, -0.1) is 0 Å². The summed E-state index contributed by atoms with van der Waals surface area (Å²) in [6.07, 6.45) is 1.76. The van der Waals surface area contributed by atoms with Crippen LogP contribution in [0.5, 0.6) is 0 Å². The number of aromatic carboxylic acids is 1. The molecule has 0 atom stereocenters. The van der Waals surface area contributed by atoms with Gasteiger partial charge in [0.05, 0.1) is 11.3 Å². The topological polar surface area (TPSA) is 78.4 Å². The number of hydrogen-bond acceptors (Lipinski definition) is 2. The summed E-state index contributed by atoms with van der Waals surface area (Å²) in [5, 5.41) is 13.6. The van der Waals surface area contributed by atoms with E-state index >= 15 is 0 Å². The molecule has 98 valence electrons. The normalized spacial score (nSPS) is 9.89. The number of anilines is 1. The lowest BCUT2D eigenvalue weighted by Crippen LogP contribution is -2.29. The number of urea groups is 1. The Hall–Kier alpha value is -2.11. The SMILES string of the molecule is CCCCNC(=O)Nc1cc(C(=O)O)ccc1F. The molecule has 0 spiro atoms. The predicted octanol–water partition coefficient (Wildman–Crippen LogP) is 2.45. The van der Waals surface area contributed by atoms with Gasteiger partial charge in [-0.2, -0.15) is 0 Å². The van der Waals surface area contributed by atoms with Crippen molar-refractivity contribution < 1.29 is 19.1 Å². The van der Waals surface area contributed by atoms with E-state index in [0.29, 0.717) is 6.54 Å². The molecule has 6 heteroatoms. The molecule has 1 aromatic carbocycles. The number of benzene rings is 1. The lowest BCUT2D eigenvalue weighted by molar-refractivity contribution is 0.0697. The van der Waals surface area contributed by atoms with Crippen molar-refractivity contribution in [2.24, 2.45) is 0 Å². The molecule has 0 aromatic heterocycles. The molecule has 1 rings (SSSR count). The molecule has 0 bridgehead atoms. The van der Waals surface area contributed by atoms with Gasteiger partial charge in [-0.05, 0) is 24.6 Å². The second kappa shape index (κ2) is 6.58. The molecule has 0 fully saturated rings. The van der Waals surface area contributed by atoms with Gasteiger partial charge in [0.25, 0.3) is 0 Å². The highest BCUT2D eigenvalue weighted by Gasteiger charge is 2.10. The number of amides is 2. The van der Waals surface area contributed by atoms with Gasteiger partial charge in [0, 0.05) is 6.54 Å². The molecular weight excluding hydrogens is 239 g/mol. The number of rotatable bonds is 5. The van der Waals surface area contributed by atoms with Crippen LogP contribution in [-0.2, 0) is 0 Å². The van der Waals surface area contributed by atoms with Gasteiger partial charge >= 0.3 is 12.0 Å². The summed E-state index contributed by atoms with van der Waals surface area (Å²) in [5.74, 6) is -1.85. The van der Waals surface area contributed by atoms with E-state index < -0.39 is 17.8 Å². The third-order valence-corrected chi connectivity index (χ3v) is 2.28. The largest absolute Gasteiger partial charge is 0.478 e. The van der Waals surface area contributed by atoms with Crippen molar-refractivity contribution >= 4 is 17.7 Å². The fourth-order valence-corrected chi connectivity index (χ4v) is 1.30. The number of carbonyl (C=O) groups excluding carboxylic acids is 1. The van der Waals surface area contributed by atoms with E-state index in [1.807, 2.05) is 6.92 Å². The van der Waals surface area contributed by atoms with Crippen LogP contribution < -0.4 is 10.6 Å². The molecule has 0 saturated heterocycles. The van der Waals surface area contributed by atoms with Gasteiger partial charge < -0.3 is 15.7 Å². The Morgan fingerprint density at radius 1 is 1.39 bits per heavy atom. The van der Waals surface area contributed by atoms with Crippen LogP contribution in [0.4, 0.5) is 14.9 Å². The van der Waals surface area contributed by atoms with E-state index in [1.54, 1.807) is 0 Å². The number of nitrogens with one attached hydrogen (secondary N) is 2. The van der Waals surface area contributed by atoms with E-state index in [-0.39, 0.29) is 11.3 Å². The van der Waals surface area contributed by atoms with Crippen molar-refractivity contribution in [3.05, 3.63) is 29.6 Å². The standard InChI is InChI=1S/C12H15FN2O3/c1-2-3-6-14-12(18)15-10-7-8(11(16)17)4-5-9(10)13/h4-5,7H,2-3,6H2,1H3,(H,16,17)(H2,14,15,18). The Morgan fingerprint density at radius 2 is 2.11 bits per heavy atom. The van der Waals surface area contributed by atoms with Crippen LogP contribution in [0.1, 0.15) is 30.1 Å². The summed E-state index contributed by atoms with van der Waals surface area (Å²) in [6.45, 7) is 2.47. The van der Waals surface area contributed by atoms with Gasteiger partial charge in [0.2, 0.25) is 0 Å². The first-order valence-corrected chi connectivity index (χ1v) is 5.62. The lowest BCUT2D eigenvalue weighted by atomic mass is 10.2. The second-order valence-electron chi connectivity index (χ2n) is 3.73. The van der Waals surface area contributed by atoms with Crippen molar-refractivity contribution in [1.82, 2.24) is 5.32 Å². The molecule has 3 N–H and O–H groups in total. The van der Waals surface area contributed by atoms with Gasteiger partial charge in [0.1, 0.15) is 5.82 Å². The van der Waals surface area contributed by atoms with E-state index in [4.69, 9.17) is 5.11 Å². The quantitative estimate of drug-likeness (QED) is 0.706. The fraction of sp³-hybridized carbons (Fsp3) is 0.333. The zero-order valence-corrected chi connectivity index (χ0v) is 10.00. The Labute approximate surface area is 104 Å². The molecular formula is C12H15FN2O3. The summed E-state index contributed by atoms with van der Waals surface area (Å²) in [5.41, 5.74) is -0.232. The third kappa shape index (κ3) is 4.04. The molecule has 0 radical (unpaired) electrons. The van der Waals surface area contributed by atoms with Gasteiger partial charge in [-0.1, -0.05) is 13.3 Å². The van der Waals surface area contributed by atoms with E-state index in [2.05, 4.69) is 10.6 Å². The van der Waals surface area contributed by atoms with Crippen molar-refractivity contribution in [2.45, 2.75) is 19.8 Å². The summed E-state index contributed by atoms with van der Waals surface area (Å²) in [7, 11) is 0. The molecule has 0 heterocycles. The summed E-state index contributed by atoms with van der Waals surface area (Å²) in [6, 6.07) is 2.67. The third-order valence-electron chi connectivity index (χ3n) is 2.28. The van der Waals surface area contributed by atoms with E-state index in [9.17, 15) is 14.0 Å². The fourth-order valence-electron chi connectivity index (χ4n) is 1.30. The van der Waals surface area contributed by atoms with Crippen LogP contribution in [0, 0.1) is 5.82 Å². The van der Waals surface area contributed by atoms with Crippen molar-refractivity contribution in [1.29, 1.82) is 0 Å². The zero-order valence-electron chi connectivity index (χ0n) is 10.00. The molecule has 0 saturated carbocycles. The highest BCUT2D eigenvalue weighted by Crippen LogP contribution is 2.16. The maximum atomic E-state index is 13.3. The molecule has 18 heavy (non-hydrogen) atoms. The predicted molar refractivity (Wildman–Crippen MR) is 65.3 cm³/mol. The number of hydrogen-bond donors (Lipinski definition) is 3. The van der Waals surface area contributed by atoms with E-state index in [1.165, 1.54) is 0 Å². The van der Waals surface area contributed by atoms with Crippen molar-refractivity contribution in [3.63, 3.8) is 0 Å².